The number of amides is 1. The summed E-state index contributed by atoms with van der Waals surface area (Å²) in [5.41, 5.74) is 6.91. The summed E-state index contributed by atoms with van der Waals surface area (Å²) in [6.45, 7) is 3.41. The van der Waals surface area contributed by atoms with Gasteiger partial charge in [-0.05, 0) is 43.7 Å². The van der Waals surface area contributed by atoms with Crippen LogP contribution in [-0.4, -0.2) is 23.9 Å². The first-order chi connectivity index (χ1) is 9.97. The Labute approximate surface area is 124 Å². The number of piperidine rings is 1. The molecule has 0 bridgehead atoms. The van der Waals surface area contributed by atoms with Gasteiger partial charge in [0.25, 0.3) is 5.69 Å². The molecule has 1 aromatic rings. The molecule has 0 saturated carbocycles. The van der Waals surface area contributed by atoms with Gasteiger partial charge in [0.05, 0.1) is 4.92 Å². The van der Waals surface area contributed by atoms with Crippen LogP contribution in [0.3, 0.4) is 0 Å². The predicted octanol–water partition coefficient (Wildman–Crippen LogP) is 2.39. The van der Waals surface area contributed by atoms with Crippen LogP contribution in [0.15, 0.2) is 18.2 Å². The molecule has 21 heavy (non-hydrogen) atoms. The number of nitrogens with zero attached hydrogens (tertiary/aromatic N) is 2. The molecule has 6 nitrogen and oxygen atoms in total. The van der Waals surface area contributed by atoms with Crippen molar-refractivity contribution < 1.29 is 9.72 Å². The van der Waals surface area contributed by atoms with Crippen LogP contribution in [0, 0.1) is 23.0 Å². The number of anilines is 1. The molecule has 1 atom stereocenters. The second-order valence-corrected chi connectivity index (χ2v) is 5.71. The summed E-state index contributed by atoms with van der Waals surface area (Å²) in [5, 5.41) is 11.2. The van der Waals surface area contributed by atoms with Crippen molar-refractivity contribution in [3.63, 3.8) is 0 Å². The highest BCUT2D eigenvalue weighted by Crippen LogP contribution is 2.33. The highest BCUT2D eigenvalue weighted by atomic mass is 16.6. The van der Waals surface area contributed by atoms with E-state index < -0.39 is 0 Å². The second kappa shape index (κ2) is 6.56. The molecule has 1 fully saturated rings. The zero-order chi connectivity index (χ0) is 15.4. The Morgan fingerprint density at radius 3 is 2.95 bits per heavy atom. The lowest BCUT2D eigenvalue weighted by Gasteiger charge is -2.34. The number of primary amides is 1. The Kier molecular flexibility index (Phi) is 4.77. The molecule has 0 spiro atoms. The summed E-state index contributed by atoms with van der Waals surface area (Å²) in [5.74, 6) is 0.0839. The number of hydrogen-bond acceptors (Lipinski definition) is 4. The molecule has 0 aliphatic carbocycles. The fraction of sp³-hybridized carbons (Fsp3) is 0.533. The standard InChI is InChI=1S/C15H21N3O3/c1-11-4-6-13(14(9-11)18(20)21)17-8-2-3-12(10-17)5-7-15(16)19/h4,6,9,12H,2-3,5,7-8,10H2,1H3,(H2,16,19)/t12-/m0/s1. The fourth-order valence-corrected chi connectivity index (χ4v) is 2.91. The van der Waals surface area contributed by atoms with Crippen molar-refractivity contribution in [1.29, 1.82) is 0 Å². The summed E-state index contributed by atoms with van der Waals surface area (Å²) in [7, 11) is 0. The number of hydrogen-bond donors (Lipinski definition) is 1. The normalized spacial score (nSPS) is 18.5. The van der Waals surface area contributed by atoms with Gasteiger partial charge in [0.1, 0.15) is 5.69 Å². The van der Waals surface area contributed by atoms with E-state index in [4.69, 9.17) is 5.73 Å². The van der Waals surface area contributed by atoms with E-state index in [1.54, 1.807) is 6.07 Å². The van der Waals surface area contributed by atoms with Gasteiger partial charge in [-0.3, -0.25) is 14.9 Å². The zero-order valence-corrected chi connectivity index (χ0v) is 12.2. The SMILES string of the molecule is Cc1ccc(N2CCC[C@@H](CCC(N)=O)C2)c([N+](=O)[O-])c1. The van der Waals surface area contributed by atoms with Crippen molar-refractivity contribution in [1.82, 2.24) is 0 Å². The molecule has 1 heterocycles. The van der Waals surface area contributed by atoms with E-state index in [1.807, 2.05) is 19.1 Å². The zero-order valence-electron chi connectivity index (χ0n) is 12.2. The number of aryl methyl sites for hydroxylation is 1. The predicted molar refractivity (Wildman–Crippen MR) is 81.2 cm³/mol. The summed E-state index contributed by atoms with van der Waals surface area (Å²) >= 11 is 0. The van der Waals surface area contributed by atoms with Crippen LogP contribution in [-0.2, 0) is 4.79 Å². The Balaban J connectivity index is 2.14. The van der Waals surface area contributed by atoms with E-state index in [-0.39, 0.29) is 16.5 Å². The van der Waals surface area contributed by atoms with E-state index in [0.29, 0.717) is 18.0 Å². The van der Waals surface area contributed by atoms with Crippen molar-refractivity contribution in [3.05, 3.63) is 33.9 Å². The van der Waals surface area contributed by atoms with E-state index in [0.717, 1.165) is 37.9 Å². The first kappa shape index (κ1) is 15.3. The number of benzene rings is 1. The minimum absolute atomic E-state index is 0.158. The lowest BCUT2D eigenvalue weighted by atomic mass is 9.92. The van der Waals surface area contributed by atoms with Crippen molar-refractivity contribution in [2.75, 3.05) is 18.0 Å². The van der Waals surface area contributed by atoms with Gasteiger partial charge >= 0.3 is 0 Å². The maximum absolute atomic E-state index is 11.2. The quantitative estimate of drug-likeness (QED) is 0.666. The molecule has 2 N–H and O–H groups in total. The number of nitro groups is 1. The molecule has 114 valence electrons. The molecule has 2 rings (SSSR count). The van der Waals surface area contributed by atoms with Gasteiger partial charge in [-0.25, -0.2) is 0 Å². The van der Waals surface area contributed by atoms with Crippen molar-refractivity contribution in [2.24, 2.45) is 11.7 Å². The number of nitro benzene ring substituents is 1. The van der Waals surface area contributed by atoms with Crippen LogP contribution in [0.4, 0.5) is 11.4 Å². The van der Waals surface area contributed by atoms with Crippen molar-refractivity contribution >= 4 is 17.3 Å². The molecular formula is C15H21N3O3. The third-order valence-corrected chi connectivity index (χ3v) is 3.99. The number of rotatable bonds is 5. The summed E-state index contributed by atoms with van der Waals surface area (Å²) in [4.78, 5) is 23.9. The molecule has 1 aromatic carbocycles. The van der Waals surface area contributed by atoms with E-state index >= 15 is 0 Å². The van der Waals surface area contributed by atoms with Crippen LogP contribution in [0.25, 0.3) is 0 Å². The van der Waals surface area contributed by atoms with E-state index in [9.17, 15) is 14.9 Å². The highest BCUT2D eigenvalue weighted by molar-refractivity contribution is 5.73. The minimum atomic E-state index is -0.324. The number of carbonyl (C=O) groups excluding carboxylic acids is 1. The monoisotopic (exact) mass is 291 g/mol. The molecule has 1 amide bonds. The first-order valence-electron chi connectivity index (χ1n) is 7.25. The fourth-order valence-electron chi connectivity index (χ4n) is 2.91. The van der Waals surface area contributed by atoms with E-state index in [2.05, 4.69) is 4.90 Å². The third kappa shape index (κ3) is 3.93. The Morgan fingerprint density at radius 1 is 1.52 bits per heavy atom. The Bertz CT molecular complexity index is 545. The molecule has 0 aromatic heterocycles. The molecule has 1 aliphatic rings. The molecule has 0 unspecified atom stereocenters. The Morgan fingerprint density at radius 2 is 2.29 bits per heavy atom. The van der Waals surface area contributed by atoms with E-state index in [1.165, 1.54) is 0 Å². The maximum Gasteiger partial charge on any atom is 0.292 e. The van der Waals surface area contributed by atoms with Gasteiger partial charge in [0.15, 0.2) is 0 Å². The average Bonchev–Trinajstić information content (AvgIpc) is 2.45. The van der Waals surface area contributed by atoms with Crippen molar-refractivity contribution in [3.8, 4) is 0 Å². The lowest BCUT2D eigenvalue weighted by Crippen LogP contribution is -2.36. The van der Waals surface area contributed by atoms with Gasteiger partial charge in [0, 0.05) is 25.6 Å². The molecule has 1 aliphatic heterocycles. The minimum Gasteiger partial charge on any atom is -0.370 e. The smallest absolute Gasteiger partial charge is 0.292 e. The first-order valence-corrected chi connectivity index (χ1v) is 7.25. The molecular weight excluding hydrogens is 270 g/mol. The van der Waals surface area contributed by atoms with Crippen molar-refractivity contribution in [2.45, 2.75) is 32.6 Å². The molecule has 0 radical (unpaired) electrons. The van der Waals surface area contributed by atoms with Gasteiger partial charge in [0.2, 0.25) is 5.91 Å². The van der Waals surface area contributed by atoms with Crippen LogP contribution < -0.4 is 10.6 Å². The van der Waals surface area contributed by atoms with Gasteiger partial charge < -0.3 is 10.6 Å². The second-order valence-electron chi connectivity index (χ2n) is 5.71. The lowest BCUT2D eigenvalue weighted by molar-refractivity contribution is -0.384. The summed E-state index contributed by atoms with van der Waals surface area (Å²) in [6, 6.07) is 5.33. The largest absolute Gasteiger partial charge is 0.370 e. The highest BCUT2D eigenvalue weighted by Gasteiger charge is 2.25. The van der Waals surface area contributed by atoms with Crippen LogP contribution in [0.5, 0.6) is 0 Å². The third-order valence-electron chi connectivity index (χ3n) is 3.99. The van der Waals surface area contributed by atoms with Crippen LogP contribution in [0.2, 0.25) is 0 Å². The maximum atomic E-state index is 11.2. The van der Waals surface area contributed by atoms with Crippen LogP contribution >= 0.6 is 0 Å². The summed E-state index contributed by atoms with van der Waals surface area (Å²) < 4.78 is 0. The number of carbonyl (C=O) groups is 1. The topological polar surface area (TPSA) is 89.5 Å². The van der Waals surface area contributed by atoms with Gasteiger partial charge in [-0.2, -0.15) is 0 Å². The average molecular weight is 291 g/mol. The van der Waals surface area contributed by atoms with Gasteiger partial charge in [-0.1, -0.05) is 6.07 Å². The Hall–Kier alpha value is -2.11. The van der Waals surface area contributed by atoms with Gasteiger partial charge in [-0.15, -0.1) is 0 Å². The number of nitrogens with two attached hydrogens (primary N) is 1. The molecule has 6 heteroatoms. The summed E-state index contributed by atoms with van der Waals surface area (Å²) in [6.07, 6.45) is 3.16. The molecule has 1 saturated heterocycles. The van der Waals surface area contributed by atoms with Crippen LogP contribution in [0.1, 0.15) is 31.2 Å².